The summed E-state index contributed by atoms with van der Waals surface area (Å²) in [5, 5.41) is 8.94. The van der Waals surface area contributed by atoms with Crippen molar-refractivity contribution in [3.63, 3.8) is 0 Å². The van der Waals surface area contributed by atoms with Crippen molar-refractivity contribution in [2.24, 2.45) is 0 Å². The molecule has 0 fully saturated rings. The van der Waals surface area contributed by atoms with Gasteiger partial charge in [0, 0.05) is 24.2 Å². The second-order valence-corrected chi connectivity index (χ2v) is 5.01. The Morgan fingerprint density at radius 1 is 1.33 bits per heavy atom. The third-order valence-corrected chi connectivity index (χ3v) is 3.10. The first kappa shape index (κ1) is 15.1. The molecule has 1 heterocycles. The first-order valence-corrected chi connectivity index (χ1v) is 6.73. The molecule has 1 aromatic carbocycles. The normalized spacial score (nSPS) is 12.3. The number of furan rings is 1. The highest BCUT2D eigenvalue weighted by molar-refractivity contribution is 5.72. The van der Waals surface area contributed by atoms with Crippen LogP contribution in [0.15, 0.2) is 47.3 Å². The lowest BCUT2D eigenvalue weighted by atomic mass is 10.2. The van der Waals surface area contributed by atoms with Crippen LogP contribution in [-0.2, 0) is 17.9 Å². The van der Waals surface area contributed by atoms with E-state index in [1.54, 1.807) is 18.6 Å². The van der Waals surface area contributed by atoms with E-state index in [0.717, 1.165) is 17.7 Å². The van der Waals surface area contributed by atoms with Gasteiger partial charge in [-0.3, -0.25) is 4.90 Å². The lowest BCUT2D eigenvalue weighted by molar-refractivity contribution is -0.144. The van der Waals surface area contributed by atoms with Gasteiger partial charge in [0.2, 0.25) is 0 Å². The maximum atomic E-state index is 10.9. The summed E-state index contributed by atoms with van der Waals surface area (Å²) in [6.07, 6.45) is 2.49. The van der Waals surface area contributed by atoms with Gasteiger partial charge in [-0.2, -0.15) is 0 Å². The first-order chi connectivity index (χ1) is 10.1. The van der Waals surface area contributed by atoms with Gasteiger partial charge in [0.15, 0.2) is 6.10 Å². The Morgan fingerprint density at radius 3 is 2.76 bits per heavy atom. The summed E-state index contributed by atoms with van der Waals surface area (Å²) >= 11 is 0. The van der Waals surface area contributed by atoms with E-state index < -0.39 is 12.1 Å². The van der Waals surface area contributed by atoms with E-state index in [9.17, 15) is 4.79 Å². The molecule has 1 N–H and O–H groups in total. The fraction of sp³-hybridized carbons (Fsp3) is 0.312. The summed E-state index contributed by atoms with van der Waals surface area (Å²) in [4.78, 5) is 13.0. The zero-order valence-electron chi connectivity index (χ0n) is 12.2. The number of ether oxygens (including phenoxy) is 1. The monoisotopic (exact) mass is 289 g/mol. The Hall–Kier alpha value is -2.27. The van der Waals surface area contributed by atoms with Crippen LogP contribution in [0.4, 0.5) is 0 Å². The van der Waals surface area contributed by atoms with E-state index in [2.05, 4.69) is 4.90 Å². The molecule has 5 heteroatoms. The molecule has 21 heavy (non-hydrogen) atoms. The predicted octanol–water partition coefficient (Wildman–Crippen LogP) is 2.76. The minimum Gasteiger partial charge on any atom is -0.479 e. The number of carboxylic acid groups (broad SMARTS) is 1. The van der Waals surface area contributed by atoms with Crippen LogP contribution in [0.1, 0.15) is 18.1 Å². The van der Waals surface area contributed by atoms with Gasteiger partial charge in [0.05, 0.1) is 12.5 Å². The molecule has 2 rings (SSSR count). The minimum absolute atomic E-state index is 0.603. The van der Waals surface area contributed by atoms with Crippen molar-refractivity contribution in [2.75, 3.05) is 7.05 Å². The highest BCUT2D eigenvalue weighted by Crippen LogP contribution is 2.21. The van der Waals surface area contributed by atoms with Gasteiger partial charge in [-0.1, -0.05) is 18.2 Å². The molecule has 0 aliphatic heterocycles. The van der Waals surface area contributed by atoms with Crippen molar-refractivity contribution >= 4 is 5.97 Å². The number of carbonyl (C=O) groups is 1. The third kappa shape index (κ3) is 4.36. The maximum absolute atomic E-state index is 10.9. The lowest BCUT2D eigenvalue weighted by Gasteiger charge is -2.19. The zero-order chi connectivity index (χ0) is 15.2. The number of rotatable bonds is 7. The average Bonchev–Trinajstić information content (AvgIpc) is 2.93. The topological polar surface area (TPSA) is 62.9 Å². The lowest BCUT2D eigenvalue weighted by Crippen LogP contribution is -2.24. The molecule has 1 unspecified atom stereocenters. The summed E-state index contributed by atoms with van der Waals surface area (Å²) < 4.78 is 10.5. The molecular weight excluding hydrogens is 270 g/mol. The van der Waals surface area contributed by atoms with Gasteiger partial charge in [0.1, 0.15) is 5.75 Å². The number of hydrogen-bond donors (Lipinski definition) is 1. The van der Waals surface area contributed by atoms with Crippen LogP contribution in [-0.4, -0.2) is 29.1 Å². The molecule has 1 aromatic heterocycles. The van der Waals surface area contributed by atoms with Gasteiger partial charge in [-0.05, 0) is 26.1 Å². The van der Waals surface area contributed by atoms with Crippen molar-refractivity contribution in [2.45, 2.75) is 26.1 Å². The number of carboxylic acids is 1. The number of para-hydroxylation sites is 1. The molecule has 112 valence electrons. The Balaban J connectivity index is 2.03. The van der Waals surface area contributed by atoms with Crippen molar-refractivity contribution in [3.05, 3.63) is 54.0 Å². The second-order valence-electron chi connectivity index (χ2n) is 5.01. The van der Waals surface area contributed by atoms with Crippen molar-refractivity contribution in [1.82, 2.24) is 4.90 Å². The summed E-state index contributed by atoms with van der Waals surface area (Å²) in [6, 6.07) is 9.41. The van der Waals surface area contributed by atoms with Crippen LogP contribution in [0.5, 0.6) is 5.75 Å². The van der Waals surface area contributed by atoms with Crippen molar-refractivity contribution in [3.8, 4) is 5.75 Å². The summed E-state index contributed by atoms with van der Waals surface area (Å²) in [5.74, 6) is -0.372. The third-order valence-electron chi connectivity index (χ3n) is 3.10. The summed E-state index contributed by atoms with van der Waals surface area (Å²) in [7, 11) is 1.99. The second kappa shape index (κ2) is 6.95. The predicted molar refractivity (Wildman–Crippen MR) is 78.0 cm³/mol. The van der Waals surface area contributed by atoms with E-state index in [0.29, 0.717) is 12.3 Å². The standard InChI is InChI=1S/C16H19NO4/c1-12(16(18)19)21-15-6-4-3-5-14(15)10-17(2)9-13-7-8-20-11-13/h3-8,11-12H,9-10H2,1-2H3,(H,18,19). The van der Waals surface area contributed by atoms with Crippen LogP contribution in [0, 0.1) is 0 Å². The van der Waals surface area contributed by atoms with Gasteiger partial charge in [0.25, 0.3) is 0 Å². The molecule has 0 spiro atoms. The number of hydrogen-bond acceptors (Lipinski definition) is 4. The fourth-order valence-corrected chi connectivity index (χ4v) is 2.03. The van der Waals surface area contributed by atoms with Gasteiger partial charge < -0.3 is 14.3 Å². The molecule has 0 saturated carbocycles. The summed E-state index contributed by atoms with van der Waals surface area (Å²) in [5.41, 5.74) is 2.05. The number of aliphatic carboxylic acids is 1. The summed E-state index contributed by atoms with van der Waals surface area (Å²) in [6.45, 7) is 2.93. The Morgan fingerprint density at radius 2 is 2.10 bits per heavy atom. The van der Waals surface area contributed by atoms with E-state index in [-0.39, 0.29) is 0 Å². The number of nitrogens with zero attached hydrogens (tertiary/aromatic N) is 1. The molecule has 5 nitrogen and oxygen atoms in total. The molecule has 0 aliphatic rings. The van der Waals surface area contributed by atoms with E-state index in [1.807, 2.05) is 31.3 Å². The molecule has 0 saturated heterocycles. The van der Waals surface area contributed by atoms with Crippen LogP contribution in [0.25, 0.3) is 0 Å². The van der Waals surface area contributed by atoms with Crippen molar-refractivity contribution in [1.29, 1.82) is 0 Å². The Labute approximate surface area is 123 Å². The van der Waals surface area contributed by atoms with Crippen LogP contribution < -0.4 is 4.74 Å². The van der Waals surface area contributed by atoms with E-state index in [1.165, 1.54) is 6.92 Å². The largest absolute Gasteiger partial charge is 0.479 e. The smallest absolute Gasteiger partial charge is 0.344 e. The fourth-order valence-electron chi connectivity index (χ4n) is 2.03. The van der Waals surface area contributed by atoms with Crippen LogP contribution >= 0.6 is 0 Å². The first-order valence-electron chi connectivity index (χ1n) is 6.73. The molecule has 2 aromatic rings. The zero-order valence-corrected chi connectivity index (χ0v) is 12.2. The average molecular weight is 289 g/mol. The highest BCUT2D eigenvalue weighted by Gasteiger charge is 2.15. The SMILES string of the molecule is CC(Oc1ccccc1CN(C)Cc1ccoc1)C(=O)O. The van der Waals surface area contributed by atoms with E-state index in [4.69, 9.17) is 14.3 Å². The Bertz CT molecular complexity index is 580. The molecule has 0 bridgehead atoms. The van der Waals surface area contributed by atoms with E-state index >= 15 is 0 Å². The molecule has 0 aliphatic carbocycles. The van der Waals surface area contributed by atoms with Crippen molar-refractivity contribution < 1.29 is 19.1 Å². The Kier molecular flexibility index (Phi) is 5.00. The minimum atomic E-state index is -0.975. The molecule has 0 amide bonds. The van der Waals surface area contributed by atoms with Gasteiger partial charge >= 0.3 is 5.97 Å². The van der Waals surface area contributed by atoms with Gasteiger partial charge in [-0.25, -0.2) is 4.79 Å². The highest BCUT2D eigenvalue weighted by atomic mass is 16.5. The molecular formula is C16H19NO4. The van der Waals surface area contributed by atoms with Crippen LogP contribution in [0.3, 0.4) is 0 Å². The number of benzene rings is 1. The quantitative estimate of drug-likeness (QED) is 0.849. The van der Waals surface area contributed by atoms with Crippen LogP contribution in [0.2, 0.25) is 0 Å². The van der Waals surface area contributed by atoms with Gasteiger partial charge in [-0.15, -0.1) is 0 Å². The maximum Gasteiger partial charge on any atom is 0.344 e. The molecule has 1 atom stereocenters. The molecule has 0 radical (unpaired) electrons.